The van der Waals surface area contributed by atoms with Crippen LogP contribution >= 0.6 is 0 Å². The minimum absolute atomic E-state index is 0.375. The molecule has 0 bridgehead atoms. The van der Waals surface area contributed by atoms with Crippen molar-refractivity contribution in [2.75, 3.05) is 23.3 Å². The summed E-state index contributed by atoms with van der Waals surface area (Å²) in [6, 6.07) is 8.83. The molecule has 2 heteroatoms. The minimum Gasteiger partial charge on any atom is -0.375 e. The van der Waals surface area contributed by atoms with Gasteiger partial charge in [-0.25, -0.2) is 0 Å². The van der Waals surface area contributed by atoms with Crippen LogP contribution in [0.4, 0.5) is 11.4 Å². The van der Waals surface area contributed by atoms with Crippen LogP contribution in [0, 0.1) is 0 Å². The van der Waals surface area contributed by atoms with Crippen LogP contribution in [0.25, 0.3) is 0 Å². The van der Waals surface area contributed by atoms with E-state index in [4.69, 9.17) is 0 Å². The second-order valence-electron chi connectivity index (χ2n) is 4.10. The number of fused-ring (bicyclic) bond motifs is 1. The molecule has 0 spiro atoms. The Morgan fingerprint density at radius 2 is 2.27 bits per heavy atom. The van der Waals surface area contributed by atoms with Crippen LogP contribution in [-0.2, 0) is 0 Å². The van der Waals surface area contributed by atoms with E-state index in [0.717, 1.165) is 13.1 Å². The summed E-state index contributed by atoms with van der Waals surface area (Å²) in [6.45, 7) is 10.4. The third kappa shape index (κ3) is 1.84. The smallest absolute Gasteiger partial charge is 0.0644 e. The Morgan fingerprint density at radius 1 is 1.53 bits per heavy atom. The van der Waals surface area contributed by atoms with Crippen molar-refractivity contribution >= 4 is 11.4 Å². The van der Waals surface area contributed by atoms with E-state index >= 15 is 0 Å². The van der Waals surface area contributed by atoms with E-state index in [9.17, 15) is 0 Å². The summed E-state index contributed by atoms with van der Waals surface area (Å²) in [5, 5.41) is 3.52. The quantitative estimate of drug-likeness (QED) is 0.742. The highest BCUT2D eigenvalue weighted by molar-refractivity contribution is 5.73. The van der Waals surface area contributed by atoms with Crippen molar-refractivity contribution in [3.8, 4) is 0 Å². The average Bonchev–Trinajstić information content (AvgIpc) is 2.27. The first kappa shape index (κ1) is 10.1. The molecular weight excluding hydrogens is 184 g/mol. The second-order valence-corrected chi connectivity index (χ2v) is 4.10. The van der Waals surface area contributed by atoms with Gasteiger partial charge in [-0.05, 0) is 26.0 Å². The highest BCUT2D eigenvalue weighted by Gasteiger charge is 2.22. The molecule has 2 rings (SSSR count). The maximum Gasteiger partial charge on any atom is 0.0644 e. The lowest BCUT2D eigenvalue weighted by molar-refractivity contribution is 0.721. The normalized spacial score (nSPS) is 19.3. The Labute approximate surface area is 91.6 Å². The number of anilines is 2. The van der Waals surface area contributed by atoms with Crippen molar-refractivity contribution in [1.29, 1.82) is 0 Å². The Kier molecular flexibility index (Phi) is 2.67. The van der Waals surface area contributed by atoms with Gasteiger partial charge in [0.2, 0.25) is 0 Å². The van der Waals surface area contributed by atoms with Crippen LogP contribution in [0.15, 0.2) is 36.4 Å². The zero-order valence-electron chi connectivity index (χ0n) is 9.46. The van der Waals surface area contributed by atoms with Crippen molar-refractivity contribution in [2.45, 2.75) is 19.9 Å². The predicted octanol–water partition coefficient (Wildman–Crippen LogP) is 2.88. The van der Waals surface area contributed by atoms with Crippen LogP contribution < -0.4 is 10.2 Å². The van der Waals surface area contributed by atoms with Gasteiger partial charge in [-0.3, -0.25) is 0 Å². The molecule has 15 heavy (non-hydrogen) atoms. The zero-order chi connectivity index (χ0) is 10.8. The van der Waals surface area contributed by atoms with Crippen molar-refractivity contribution in [2.24, 2.45) is 0 Å². The lowest BCUT2D eigenvalue weighted by Crippen LogP contribution is -2.41. The molecule has 0 amide bonds. The van der Waals surface area contributed by atoms with Crippen LogP contribution in [-0.4, -0.2) is 19.1 Å². The number of nitrogens with zero attached hydrogens (tertiary/aromatic N) is 1. The molecule has 0 aliphatic carbocycles. The molecular formula is C13H18N2. The van der Waals surface area contributed by atoms with Gasteiger partial charge >= 0.3 is 0 Å². The van der Waals surface area contributed by atoms with E-state index in [1.165, 1.54) is 16.9 Å². The summed E-state index contributed by atoms with van der Waals surface area (Å²) in [5.74, 6) is 0. The summed E-state index contributed by atoms with van der Waals surface area (Å²) >= 11 is 0. The first-order chi connectivity index (χ1) is 7.22. The van der Waals surface area contributed by atoms with Crippen LogP contribution in [0.2, 0.25) is 0 Å². The third-order valence-electron chi connectivity index (χ3n) is 2.95. The molecule has 1 aliphatic heterocycles. The van der Waals surface area contributed by atoms with Gasteiger partial charge in [0.15, 0.2) is 0 Å². The Balaban J connectivity index is 2.34. The van der Waals surface area contributed by atoms with Crippen molar-refractivity contribution in [3.63, 3.8) is 0 Å². The fourth-order valence-electron chi connectivity index (χ4n) is 2.00. The van der Waals surface area contributed by atoms with Gasteiger partial charge in [0.1, 0.15) is 0 Å². The molecule has 2 nitrogen and oxygen atoms in total. The fraction of sp³-hybridized carbons (Fsp3) is 0.385. The molecule has 1 aromatic carbocycles. The summed E-state index contributed by atoms with van der Waals surface area (Å²) in [5.41, 5.74) is 3.72. The monoisotopic (exact) mass is 202 g/mol. The van der Waals surface area contributed by atoms with E-state index in [1.807, 2.05) is 0 Å². The van der Waals surface area contributed by atoms with Crippen LogP contribution in [0.3, 0.4) is 0 Å². The van der Waals surface area contributed by atoms with Gasteiger partial charge in [0.25, 0.3) is 0 Å². The predicted molar refractivity (Wildman–Crippen MR) is 66.6 cm³/mol. The Morgan fingerprint density at radius 3 is 2.93 bits per heavy atom. The van der Waals surface area contributed by atoms with Gasteiger partial charge < -0.3 is 10.2 Å². The van der Waals surface area contributed by atoms with E-state index in [1.54, 1.807) is 0 Å². The van der Waals surface area contributed by atoms with E-state index in [2.05, 4.69) is 54.9 Å². The molecule has 0 fully saturated rings. The molecule has 1 heterocycles. The van der Waals surface area contributed by atoms with Gasteiger partial charge in [-0.2, -0.15) is 0 Å². The van der Waals surface area contributed by atoms with Gasteiger partial charge in [0, 0.05) is 13.1 Å². The summed E-state index contributed by atoms with van der Waals surface area (Å²) in [7, 11) is 0. The molecule has 0 saturated heterocycles. The summed E-state index contributed by atoms with van der Waals surface area (Å²) in [4.78, 5) is 2.39. The van der Waals surface area contributed by atoms with Crippen LogP contribution in [0.5, 0.6) is 0 Å². The molecule has 1 aromatic rings. The van der Waals surface area contributed by atoms with E-state index < -0.39 is 0 Å². The zero-order valence-corrected chi connectivity index (χ0v) is 9.46. The molecule has 80 valence electrons. The van der Waals surface area contributed by atoms with E-state index in [0.29, 0.717) is 6.04 Å². The highest BCUT2D eigenvalue weighted by atomic mass is 15.2. The Bertz CT molecular complexity index is 371. The molecule has 0 saturated carbocycles. The Hall–Kier alpha value is -1.44. The van der Waals surface area contributed by atoms with Crippen LogP contribution in [0.1, 0.15) is 13.8 Å². The summed E-state index contributed by atoms with van der Waals surface area (Å²) < 4.78 is 0. The van der Waals surface area contributed by atoms with Crippen molar-refractivity contribution in [3.05, 3.63) is 36.4 Å². The molecule has 0 radical (unpaired) electrons. The SMILES string of the molecule is C=C(C)C1CN(CC)c2ccccc2N1. The average molecular weight is 202 g/mol. The number of para-hydroxylation sites is 2. The van der Waals surface area contributed by atoms with Crippen molar-refractivity contribution < 1.29 is 0 Å². The van der Waals surface area contributed by atoms with Crippen molar-refractivity contribution in [1.82, 2.24) is 0 Å². The summed E-state index contributed by atoms with van der Waals surface area (Å²) in [6.07, 6.45) is 0. The minimum atomic E-state index is 0.375. The molecule has 1 aliphatic rings. The molecule has 1 unspecified atom stereocenters. The maximum absolute atomic E-state index is 4.03. The lowest BCUT2D eigenvalue weighted by Gasteiger charge is -2.37. The third-order valence-corrected chi connectivity index (χ3v) is 2.95. The first-order valence-electron chi connectivity index (χ1n) is 5.48. The van der Waals surface area contributed by atoms with Gasteiger partial charge in [0.05, 0.1) is 17.4 Å². The number of likely N-dealkylation sites (N-methyl/N-ethyl adjacent to an activating group) is 1. The number of rotatable bonds is 2. The first-order valence-corrected chi connectivity index (χ1v) is 5.48. The molecule has 0 aromatic heterocycles. The highest BCUT2D eigenvalue weighted by Crippen LogP contribution is 2.31. The standard InChI is InChI=1S/C13H18N2/c1-4-15-9-12(10(2)3)14-11-7-5-6-8-13(11)15/h5-8,12,14H,2,4,9H2,1,3H3. The number of hydrogen-bond acceptors (Lipinski definition) is 2. The van der Waals surface area contributed by atoms with Gasteiger partial charge in [-0.15, -0.1) is 0 Å². The maximum atomic E-state index is 4.03. The van der Waals surface area contributed by atoms with E-state index in [-0.39, 0.29) is 0 Å². The topological polar surface area (TPSA) is 15.3 Å². The second kappa shape index (κ2) is 3.97. The fourth-order valence-corrected chi connectivity index (χ4v) is 2.00. The number of nitrogens with one attached hydrogen (secondary N) is 1. The molecule has 1 atom stereocenters. The largest absolute Gasteiger partial charge is 0.375 e. The lowest BCUT2D eigenvalue weighted by atomic mass is 10.1. The molecule has 1 N–H and O–H groups in total. The number of benzene rings is 1. The van der Waals surface area contributed by atoms with Gasteiger partial charge in [-0.1, -0.05) is 24.3 Å². The number of hydrogen-bond donors (Lipinski definition) is 1.